The summed E-state index contributed by atoms with van der Waals surface area (Å²) >= 11 is 7.33. The molecule has 0 aliphatic rings. The molecule has 0 aliphatic carbocycles. The highest BCUT2D eigenvalue weighted by Gasteiger charge is 2.13. The second-order valence-electron chi connectivity index (χ2n) is 6.52. The minimum absolute atomic E-state index is 0.149. The smallest absolute Gasteiger partial charge is 0.250 e. The van der Waals surface area contributed by atoms with Crippen molar-refractivity contribution in [3.05, 3.63) is 71.4 Å². The number of H-pyrrole nitrogens is 1. The average molecular weight is 452 g/mol. The zero-order valence-corrected chi connectivity index (χ0v) is 18.1. The molecule has 0 radical (unpaired) electrons. The summed E-state index contributed by atoms with van der Waals surface area (Å²) in [7, 11) is 1.85. The van der Waals surface area contributed by atoms with Crippen molar-refractivity contribution in [1.29, 1.82) is 0 Å². The Kier molecular flexibility index (Phi) is 6.44. The van der Waals surface area contributed by atoms with Crippen LogP contribution in [0.25, 0.3) is 22.6 Å². The number of nitrogens with one attached hydrogen (secondary N) is 2. The van der Waals surface area contributed by atoms with Crippen LogP contribution in [0.1, 0.15) is 5.56 Å². The maximum absolute atomic E-state index is 12.2. The number of amides is 1. The van der Waals surface area contributed by atoms with E-state index in [0.29, 0.717) is 16.0 Å². The molecule has 4 aromatic rings. The van der Waals surface area contributed by atoms with Crippen molar-refractivity contribution < 1.29 is 4.79 Å². The first-order chi connectivity index (χ1) is 15.1. The van der Waals surface area contributed by atoms with E-state index in [9.17, 15) is 4.79 Å². The van der Waals surface area contributed by atoms with Crippen LogP contribution in [-0.2, 0) is 11.8 Å². The predicted molar refractivity (Wildman–Crippen MR) is 122 cm³/mol. The molecule has 0 aliphatic heterocycles. The van der Waals surface area contributed by atoms with Gasteiger partial charge in [0.2, 0.25) is 0 Å². The molecule has 0 saturated carbocycles. The van der Waals surface area contributed by atoms with Crippen LogP contribution in [0.5, 0.6) is 0 Å². The fourth-order valence-corrected chi connectivity index (χ4v) is 3.78. The molecule has 0 fully saturated rings. The van der Waals surface area contributed by atoms with E-state index < -0.39 is 0 Å². The minimum atomic E-state index is -0.252. The summed E-state index contributed by atoms with van der Waals surface area (Å²) in [6.07, 6.45) is 3.22. The molecule has 4 rings (SSSR count). The Morgan fingerprint density at radius 1 is 1.19 bits per heavy atom. The molecule has 10 heteroatoms. The van der Waals surface area contributed by atoms with Gasteiger partial charge < -0.3 is 4.57 Å². The standard InChI is InChI=1S/C21H18ClN7OS/c1-29-20(15-8-5-9-17(22)10-15)27-28-21(29)31-13-18(30)25-23-11-16-12-24-26-19(16)14-6-3-2-4-7-14/h2-12H,13H2,1H3,(H,24,26)(H,25,30)/b23-11+. The summed E-state index contributed by atoms with van der Waals surface area (Å²) in [5, 5.41) is 20.7. The van der Waals surface area contributed by atoms with Gasteiger partial charge in [0.05, 0.1) is 23.9 Å². The van der Waals surface area contributed by atoms with Gasteiger partial charge in [-0.25, -0.2) is 5.43 Å². The van der Waals surface area contributed by atoms with Crippen molar-refractivity contribution in [1.82, 2.24) is 30.4 Å². The number of thioether (sulfide) groups is 1. The van der Waals surface area contributed by atoms with E-state index in [2.05, 4.69) is 30.9 Å². The van der Waals surface area contributed by atoms with E-state index in [0.717, 1.165) is 22.4 Å². The summed E-state index contributed by atoms with van der Waals surface area (Å²) < 4.78 is 1.82. The molecule has 31 heavy (non-hydrogen) atoms. The van der Waals surface area contributed by atoms with Gasteiger partial charge in [-0.3, -0.25) is 9.89 Å². The summed E-state index contributed by atoms with van der Waals surface area (Å²) in [6, 6.07) is 17.2. The van der Waals surface area contributed by atoms with Gasteiger partial charge in [0.15, 0.2) is 11.0 Å². The van der Waals surface area contributed by atoms with Crippen LogP contribution in [0, 0.1) is 0 Å². The zero-order valence-electron chi connectivity index (χ0n) is 16.5. The van der Waals surface area contributed by atoms with Crippen molar-refractivity contribution in [3.8, 4) is 22.6 Å². The quantitative estimate of drug-likeness (QED) is 0.253. The van der Waals surface area contributed by atoms with Gasteiger partial charge >= 0.3 is 0 Å². The number of hydrazone groups is 1. The van der Waals surface area contributed by atoms with Crippen LogP contribution >= 0.6 is 23.4 Å². The molecule has 0 saturated heterocycles. The lowest BCUT2D eigenvalue weighted by Crippen LogP contribution is -2.19. The van der Waals surface area contributed by atoms with Gasteiger partial charge in [-0.1, -0.05) is 65.8 Å². The summed E-state index contributed by atoms with van der Waals surface area (Å²) in [4.78, 5) is 12.2. The molecule has 0 unspecified atom stereocenters. The van der Waals surface area contributed by atoms with E-state index in [1.807, 2.05) is 60.1 Å². The lowest BCUT2D eigenvalue weighted by Gasteiger charge is -2.04. The van der Waals surface area contributed by atoms with Crippen molar-refractivity contribution in [2.24, 2.45) is 12.1 Å². The SMILES string of the molecule is Cn1c(SCC(=O)N/N=C/c2cn[nH]c2-c2ccccc2)nnc1-c1cccc(Cl)c1. The van der Waals surface area contributed by atoms with E-state index in [1.165, 1.54) is 11.8 Å². The molecule has 0 atom stereocenters. The maximum Gasteiger partial charge on any atom is 0.250 e. The number of rotatable bonds is 7. The van der Waals surface area contributed by atoms with E-state index in [1.54, 1.807) is 18.5 Å². The van der Waals surface area contributed by atoms with Crippen molar-refractivity contribution in [3.63, 3.8) is 0 Å². The zero-order chi connectivity index (χ0) is 21.6. The van der Waals surface area contributed by atoms with E-state index in [-0.39, 0.29) is 11.7 Å². The third-order valence-electron chi connectivity index (χ3n) is 4.37. The Morgan fingerprint density at radius 3 is 2.81 bits per heavy atom. The molecule has 0 bridgehead atoms. The van der Waals surface area contributed by atoms with Crippen LogP contribution in [0.2, 0.25) is 5.02 Å². The Labute approximate surface area is 187 Å². The first-order valence-electron chi connectivity index (χ1n) is 9.30. The highest BCUT2D eigenvalue weighted by molar-refractivity contribution is 7.99. The van der Waals surface area contributed by atoms with Gasteiger partial charge in [-0.05, 0) is 12.1 Å². The monoisotopic (exact) mass is 451 g/mol. The van der Waals surface area contributed by atoms with Crippen molar-refractivity contribution in [2.75, 3.05) is 5.75 Å². The number of carbonyl (C=O) groups excluding carboxylic acids is 1. The largest absolute Gasteiger partial charge is 0.305 e. The fraction of sp³-hybridized carbons (Fsp3) is 0.0952. The summed E-state index contributed by atoms with van der Waals surface area (Å²) in [6.45, 7) is 0. The Bertz CT molecular complexity index is 1220. The third-order valence-corrected chi connectivity index (χ3v) is 5.63. The van der Waals surface area contributed by atoms with Crippen LogP contribution in [0.4, 0.5) is 0 Å². The molecular weight excluding hydrogens is 434 g/mol. The van der Waals surface area contributed by atoms with Gasteiger partial charge in [0, 0.05) is 28.8 Å². The lowest BCUT2D eigenvalue weighted by atomic mass is 10.1. The number of hydrogen-bond donors (Lipinski definition) is 2. The van der Waals surface area contributed by atoms with Crippen LogP contribution in [-0.4, -0.2) is 42.8 Å². The summed E-state index contributed by atoms with van der Waals surface area (Å²) in [5.41, 5.74) is 5.98. The molecule has 2 N–H and O–H groups in total. The number of benzene rings is 2. The Hall–Kier alpha value is -3.43. The molecule has 156 valence electrons. The van der Waals surface area contributed by atoms with Gasteiger partial charge in [0.1, 0.15) is 0 Å². The molecule has 2 aromatic carbocycles. The van der Waals surface area contributed by atoms with E-state index in [4.69, 9.17) is 11.6 Å². The normalized spacial score (nSPS) is 11.2. The maximum atomic E-state index is 12.2. The van der Waals surface area contributed by atoms with Crippen molar-refractivity contribution in [2.45, 2.75) is 5.16 Å². The highest BCUT2D eigenvalue weighted by Crippen LogP contribution is 2.24. The van der Waals surface area contributed by atoms with Gasteiger partial charge in [0.25, 0.3) is 5.91 Å². The van der Waals surface area contributed by atoms with Gasteiger partial charge in [-0.2, -0.15) is 10.2 Å². The topological polar surface area (TPSA) is 101 Å². The van der Waals surface area contributed by atoms with Gasteiger partial charge in [-0.15, -0.1) is 10.2 Å². The first kappa shape index (κ1) is 20.8. The number of aromatic amines is 1. The molecular formula is C21H18ClN7OS. The predicted octanol–water partition coefficient (Wildman–Crippen LogP) is 3.77. The Morgan fingerprint density at radius 2 is 2.00 bits per heavy atom. The van der Waals surface area contributed by atoms with Crippen LogP contribution < -0.4 is 5.43 Å². The molecule has 1 amide bonds. The number of carbonyl (C=O) groups is 1. The second kappa shape index (κ2) is 9.59. The molecule has 2 aromatic heterocycles. The average Bonchev–Trinajstić information content (AvgIpc) is 3.39. The number of hydrogen-bond acceptors (Lipinski definition) is 6. The number of aromatic nitrogens is 5. The van der Waals surface area contributed by atoms with Crippen LogP contribution in [0.15, 0.2) is 71.1 Å². The Balaban J connectivity index is 1.34. The second-order valence-corrected chi connectivity index (χ2v) is 7.90. The lowest BCUT2D eigenvalue weighted by molar-refractivity contribution is -0.118. The first-order valence-corrected chi connectivity index (χ1v) is 10.7. The molecule has 2 heterocycles. The highest BCUT2D eigenvalue weighted by atomic mass is 35.5. The number of nitrogens with zero attached hydrogens (tertiary/aromatic N) is 5. The number of halogens is 1. The van der Waals surface area contributed by atoms with Crippen molar-refractivity contribution >= 4 is 35.5 Å². The molecule has 0 spiro atoms. The van der Waals surface area contributed by atoms with Crippen LogP contribution in [0.3, 0.4) is 0 Å². The van der Waals surface area contributed by atoms with E-state index >= 15 is 0 Å². The summed E-state index contributed by atoms with van der Waals surface area (Å²) in [5.74, 6) is 0.575. The minimum Gasteiger partial charge on any atom is -0.305 e. The molecule has 8 nitrogen and oxygen atoms in total. The third kappa shape index (κ3) is 5.01. The fourth-order valence-electron chi connectivity index (χ4n) is 2.89.